The van der Waals surface area contributed by atoms with Crippen LogP contribution in [0.4, 0.5) is 13.2 Å². The Morgan fingerprint density at radius 2 is 1.64 bits per heavy atom. The van der Waals surface area contributed by atoms with Gasteiger partial charge in [-0.25, -0.2) is 0 Å². The van der Waals surface area contributed by atoms with E-state index < -0.39 is 26.2 Å². The second-order valence-electron chi connectivity index (χ2n) is 3.55. The van der Waals surface area contributed by atoms with Gasteiger partial charge in [0.2, 0.25) is 8.32 Å². The molecule has 0 saturated heterocycles. The lowest BCUT2D eigenvalue weighted by atomic mass is 10.5. The number of aliphatic hydroxyl groups is 1. The van der Waals surface area contributed by atoms with Crippen LogP contribution in [-0.4, -0.2) is 26.7 Å². The summed E-state index contributed by atoms with van der Waals surface area (Å²) < 4.78 is 45.6. The molecule has 0 aliphatic rings. The molecule has 0 amide bonds. The van der Waals surface area contributed by atoms with Crippen LogP contribution in [0.15, 0.2) is 11.7 Å². The highest BCUT2D eigenvalue weighted by atomic mass is 28.4. The van der Waals surface area contributed by atoms with Crippen molar-refractivity contribution in [1.82, 2.24) is 0 Å². The zero-order chi connectivity index (χ0) is 11.6. The second kappa shape index (κ2) is 4.12. The van der Waals surface area contributed by atoms with Crippen molar-refractivity contribution in [3.63, 3.8) is 0 Å². The molecular weight excluding hydrogens is 217 g/mol. The van der Waals surface area contributed by atoms with E-state index in [0.29, 0.717) is 0 Å². The number of allylic oxidation sites excluding steroid dienone is 1. The van der Waals surface area contributed by atoms with E-state index in [1.54, 1.807) is 19.6 Å². The number of hydrogen-bond donors (Lipinski definition) is 1. The average Bonchev–Trinajstić information content (AvgIpc) is 1.95. The SMILES string of the molecule is CO/C(O)=C(/O[Si](C)(C)C)C(F)(F)F. The standard InChI is InChI=1S/C7H13F3O3Si/c1-12-6(11)5(7(8,9)10)13-14(2,3)4/h11H,1-4H3/b6-5+. The molecule has 7 heteroatoms. The molecule has 14 heavy (non-hydrogen) atoms. The molecule has 1 N–H and O–H groups in total. The van der Waals surface area contributed by atoms with Crippen molar-refractivity contribution in [3.8, 4) is 0 Å². The summed E-state index contributed by atoms with van der Waals surface area (Å²) in [5.74, 6) is -2.70. The molecule has 0 aromatic carbocycles. The van der Waals surface area contributed by atoms with E-state index in [2.05, 4.69) is 9.16 Å². The fraction of sp³-hybridized carbons (Fsp3) is 0.714. The van der Waals surface area contributed by atoms with Gasteiger partial charge in [-0.2, -0.15) is 13.2 Å². The molecule has 0 aromatic rings. The van der Waals surface area contributed by atoms with Crippen molar-refractivity contribution in [2.24, 2.45) is 0 Å². The van der Waals surface area contributed by atoms with Crippen LogP contribution in [0.1, 0.15) is 0 Å². The molecule has 0 spiro atoms. The van der Waals surface area contributed by atoms with Crippen LogP contribution in [0.3, 0.4) is 0 Å². The van der Waals surface area contributed by atoms with Crippen LogP contribution in [0, 0.1) is 0 Å². The topological polar surface area (TPSA) is 38.7 Å². The second-order valence-corrected chi connectivity index (χ2v) is 7.98. The summed E-state index contributed by atoms with van der Waals surface area (Å²) in [6.07, 6.45) is -4.74. The van der Waals surface area contributed by atoms with Gasteiger partial charge in [0.05, 0.1) is 7.11 Å². The highest BCUT2D eigenvalue weighted by Crippen LogP contribution is 2.31. The number of ether oxygens (including phenoxy) is 1. The van der Waals surface area contributed by atoms with Gasteiger partial charge in [0.25, 0.3) is 5.76 Å². The van der Waals surface area contributed by atoms with Crippen LogP contribution < -0.4 is 0 Å². The predicted octanol–water partition coefficient (Wildman–Crippen LogP) is 2.77. The van der Waals surface area contributed by atoms with Crippen molar-refractivity contribution in [3.05, 3.63) is 11.7 Å². The minimum absolute atomic E-state index is 0.939. The Balaban J connectivity index is 4.96. The summed E-state index contributed by atoms with van der Waals surface area (Å²) in [6, 6.07) is 0. The zero-order valence-electron chi connectivity index (χ0n) is 8.40. The van der Waals surface area contributed by atoms with Gasteiger partial charge in [-0.1, -0.05) is 0 Å². The summed E-state index contributed by atoms with van der Waals surface area (Å²) in [5.41, 5.74) is 0. The molecule has 0 radical (unpaired) electrons. The Kier molecular flexibility index (Phi) is 3.87. The molecule has 0 bridgehead atoms. The summed E-state index contributed by atoms with van der Waals surface area (Å²) in [6.45, 7) is 4.71. The maximum Gasteiger partial charge on any atom is 0.454 e. The molecule has 0 heterocycles. The lowest BCUT2D eigenvalue weighted by Gasteiger charge is -2.23. The molecule has 0 atom stereocenters. The third-order valence-corrected chi connectivity index (χ3v) is 1.87. The third kappa shape index (κ3) is 4.40. The summed E-state index contributed by atoms with van der Waals surface area (Å²) in [7, 11) is -1.49. The lowest BCUT2D eigenvalue weighted by molar-refractivity contribution is -0.127. The Labute approximate surface area is 81.3 Å². The van der Waals surface area contributed by atoms with E-state index in [9.17, 15) is 13.2 Å². The Hall–Kier alpha value is -0.853. The minimum atomic E-state index is -4.74. The molecule has 0 unspecified atom stereocenters. The van der Waals surface area contributed by atoms with Gasteiger partial charge in [0.15, 0.2) is 0 Å². The number of hydrogen-bond acceptors (Lipinski definition) is 3. The van der Waals surface area contributed by atoms with Crippen molar-refractivity contribution < 1.29 is 27.4 Å². The maximum absolute atomic E-state index is 12.3. The number of alkyl halides is 3. The van der Waals surface area contributed by atoms with Gasteiger partial charge in [-0.15, -0.1) is 0 Å². The molecule has 0 rings (SSSR count). The third-order valence-electron chi connectivity index (χ3n) is 1.05. The zero-order valence-corrected chi connectivity index (χ0v) is 9.40. The molecule has 0 aliphatic carbocycles. The monoisotopic (exact) mass is 230 g/mol. The van der Waals surface area contributed by atoms with Crippen LogP contribution in [0.25, 0.3) is 0 Å². The molecular formula is C7H13F3O3Si. The number of halogens is 3. The van der Waals surface area contributed by atoms with Crippen molar-refractivity contribution in [2.45, 2.75) is 25.8 Å². The van der Waals surface area contributed by atoms with Crippen molar-refractivity contribution >= 4 is 8.32 Å². The predicted molar refractivity (Wildman–Crippen MR) is 47.1 cm³/mol. The lowest BCUT2D eigenvalue weighted by Crippen LogP contribution is -2.31. The molecule has 0 aromatic heterocycles. The Morgan fingerprint density at radius 1 is 1.21 bits per heavy atom. The maximum atomic E-state index is 12.3. The van der Waals surface area contributed by atoms with E-state index in [1.807, 2.05) is 0 Å². The summed E-state index contributed by atoms with van der Waals surface area (Å²) >= 11 is 0. The number of aliphatic hydroxyl groups excluding tert-OH is 1. The first-order valence-corrected chi connectivity index (χ1v) is 7.22. The molecule has 0 saturated carbocycles. The largest absolute Gasteiger partial charge is 0.536 e. The fourth-order valence-corrected chi connectivity index (χ4v) is 1.44. The van der Waals surface area contributed by atoms with E-state index in [4.69, 9.17) is 5.11 Å². The Bertz CT molecular complexity index is 229. The van der Waals surface area contributed by atoms with Gasteiger partial charge in [-0.05, 0) is 19.6 Å². The molecule has 0 fully saturated rings. The van der Waals surface area contributed by atoms with Gasteiger partial charge in [0.1, 0.15) is 0 Å². The summed E-state index contributed by atoms with van der Waals surface area (Å²) in [5, 5.41) is 8.85. The van der Waals surface area contributed by atoms with Crippen molar-refractivity contribution in [2.75, 3.05) is 7.11 Å². The van der Waals surface area contributed by atoms with E-state index in [0.717, 1.165) is 7.11 Å². The quantitative estimate of drug-likeness (QED) is 0.598. The highest BCUT2D eigenvalue weighted by Gasteiger charge is 2.42. The van der Waals surface area contributed by atoms with Gasteiger partial charge in [-0.3, -0.25) is 0 Å². The van der Waals surface area contributed by atoms with Gasteiger partial charge < -0.3 is 14.3 Å². The van der Waals surface area contributed by atoms with E-state index in [1.165, 1.54) is 0 Å². The highest BCUT2D eigenvalue weighted by molar-refractivity contribution is 6.70. The van der Waals surface area contributed by atoms with E-state index >= 15 is 0 Å². The Morgan fingerprint density at radius 3 is 1.86 bits per heavy atom. The van der Waals surface area contributed by atoms with Gasteiger partial charge >= 0.3 is 12.1 Å². The first kappa shape index (κ1) is 13.1. The number of methoxy groups -OCH3 is 1. The molecule has 84 valence electrons. The fourth-order valence-electron chi connectivity index (χ4n) is 0.622. The van der Waals surface area contributed by atoms with Crippen LogP contribution >= 0.6 is 0 Å². The molecule has 0 aliphatic heterocycles. The van der Waals surface area contributed by atoms with Crippen LogP contribution in [-0.2, 0) is 9.16 Å². The van der Waals surface area contributed by atoms with E-state index in [-0.39, 0.29) is 0 Å². The normalized spacial score (nSPS) is 14.8. The van der Waals surface area contributed by atoms with Crippen molar-refractivity contribution in [1.29, 1.82) is 0 Å². The smallest absolute Gasteiger partial charge is 0.454 e. The summed E-state index contributed by atoms with van der Waals surface area (Å²) in [4.78, 5) is 0. The first-order chi connectivity index (χ1) is 6.08. The van der Waals surface area contributed by atoms with Crippen LogP contribution in [0.2, 0.25) is 19.6 Å². The average molecular weight is 230 g/mol. The van der Waals surface area contributed by atoms with Gasteiger partial charge in [0, 0.05) is 0 Å². The molecule has 3 nitrogen and oxygen atoms in total. The number of rotatable bonds is 3. The first-order valence-electron chi connectivity index (χ1n) is 3.81. The van der Waals surface area contributed by atoms with Crippen LogP contribution in [0.5, 0.6) is 0 Å². The minimum Gasteiger partial charge on any atom is -0.536 e.